The number of aromatic nitrogens is 2. The summed E-state index contributed by atoms with van der Waals surface area (Å²) >= 11 is 0. The van der Waals surface area contributed by atoms with Gasteiger partial charge in [0.05, 0.1) is 17.3 Å². The summed E-state index contributed by atoms with van der Waals surface area (Å²) in [6.45, 7) is 3.00. The van der Waals surface area contributed by atoms with E-state index in [1.807, 2.05) is 18.3 Å². The zero-order valence-corrected chi connectivity index (χ0v) is 17.2. The molecule has 0 atom stereocenters. The first-order chi connectivity index (χ1) is 14.2. The molecular formula is C25H29N3O. The van der Waals surface area contributed by atoms with Gasteiger partial charge in [-0.15, -0.1) is 0 Å². The van der Waals surface area contributed by atoms with Crippen LogP contribution in [0.5, 0.6) is 0 Å². The molecule has 0 saturated heterocycles. The fraction of sp³-hybridized carbons (Fsp3) is 0.440. The summed E-state index contributed by atoms with van der Waals surface area (Å²) in [5, 5.41) is 4.34. The Balaban J connectivity index is 1.46. The van der Waals surface area contributed by atoms with Gasteiger partial charge in [0.1, 0.15) is 5.65 Å². The Morgan fingerprint density at radius 3 is 2.48 bits per heavy atom. The Labute approximate surface area is 172 Å². The molecule has 0 spiro atoms. The molecule has 2 heterocycles. The fourth-order valence-corrected chi connectivity index (χ4v) is 5.31. The van der Waals surface area contributed by atoms with E-state index in [0.29, 0.717) is 12.0 Å². The van der Waals surface area contributed by atoms with Crippen LogP contribution >= 0.6 is 0 Å². The highest BCUT2D eigenvalue weighted by molar-refractivity contribution is 5.79. The summed E-state index contributed by atoms with van der Waals surface area (Å²) in [7, 11) is 0. The molecule has 0 aliphatic heterocycles. The molecule has 3 aromatic rings. The van der Waals surface area contributed by atoms with Gasteiger partial charge in [-0.2, -0.15) is 0 Å². The maximum atomic E-state index is 13.0. The zero-order valence-electron chi connectivity index (χ0n) is 17.2. The van der Waals surface area contributed by atoms with Crippen LogP contribution in [0.25, 0.3) is 11.0 Å². The molecule has 0 amide bonds. The van der Waals surface area contributed by atoms with E-state index in [1.165, 1.54) is 48.9 Å². The standard InChI is InChI=1S/C25H29N3O/c1-2-28-23(17-8-4-3-5-9-17)15-24(29)22-14-21(16-26-25(22)28)27-20-12-18-10-6-7-11-19(18)13-20/h6-7,10-11,14-17,20,27H,2-5,8-9,12-13H2,1H3. The van der Waals surface area contributed by atoms with Crippen LogP contribution in [0.4, 0.5) is 5.69 Å². The Kier molecular flexibility index (Phi) is 4.86. The monoisotopic (exact) mass is 387 g/mol. The Hall–Kier alpha value is -2.62. The van der Waals surface area contributed by atoms with Gasteiger partial charge >= 0.3 is 0 Å². The maximum Gasteiger partial charge on any atom is 0.191 e. The Bertz CT molecular complexity index is 1070. The number of rotatable bonds is 4. The first-order valence-electron chi connectivity index (χ1n) is 11.1. The lowest BCUT2D eigenvalue weighted by molar-refractivity contribution is 0.424. The molecule has 1 fully saturated rings. The van der Waals surface area contributed by atoms with Gasteiger partial charge in [-0.3, -0.25) is 4.79 Å². The molecule has 5 rings (SSSR count). The van der Waals surface area contributed by atoms with Crippen LogP contribution in [0.2, 0.25) is 0 Å². The third kappa shape index (κ3) is 3.45. The first kappa shape index (κ1) is 18.4. The van der Waals surface area contributed by atoms with E-state index < -0.39 is 0 Å². The third-order valence-electron chi connectivity index (χ3n) is 6.74. The van der Waals surface area contributed by atoms with Gasteiger partial charge in [0.25, 0.3) is 0 Å². The number of benzene rings is 1. The number of aryl methyl sites for hydroxylation is 1. The molecule has 1 N–H and O–H groups in total. The average Bonchev–Trinajstić information content (AvgIpc) is 3.17. The lowest BCUT2D eigenvalue weighted by Crippen LogP contribution is -2.21. The minimum Gasteiger partial charge on any atom is -0.380 e. The summed E-state index contributed by atoms with van der Waals surface area (Å²) in [5.74, 6) is 0.498. The third-order valence-corrected chi connectivity index (χ3v) is 6.74. The lowest BCUT2D eigenvalue weighted by Gasteiger charge is -2.26. The first-order valence-corrected chi connectivity index (χ1v) is 11.1. The van der Waals surface area contributed by atoms with E-state index in [-0.39, 0.29) is 5.43 Å². The van der Waals surface area contributed by atoms with Crippen molar-refractivity contribution >= 4 is 16.7 Å². The summed E-state index contributed by atoms with van der Waals surface area (Å²) in [6.07, 6.45) is 10.2. The molecule has 0 unspecified atom stereocenters. The molecule has 150 valence electrons. The van der Waals surface area contributed by atoms with Crippen molar-refractivity contribution in [3.8, 4) is 0 Å². The molecule has 1 aromatic carbocycles. The second-order valence-corrected chi connectivity index (χ2v) is 8.63. The van der Waals surface area contributed by atoms with Gasteiger partial charge in [-0.25, -0.2) is 4.98 Å². The number of fused-ring (bicyclic) bond motifs is 2. The van der Waals surface area contributed by atoms with Gasteiger partial charge in [0.2, 0.25) is 0 Å². The number of pyridine rings is 2. The Morgan fingerprint density at radius 1 is 1.07 bits per heavy atom. The minimum absolute atomic E-state index is 0.108. The fourth-order valence-electron chi connectivity index (χ4n) is 5.31. The van der Waals surface area contributed by atoms with Gasteiger partial charge < -0.3 is 9.88 Å². The number of anilines is 1. The van der Waals surface area contributed by atoms with Crippen molar-refractivity contribution in [3.05, 3.63) is 69.6 Å². The van der Waals surface area contributed by atoms with Gasteiger partial charge in [0, 0.05) is 24.3 Å². The average molecular weight is 388 g/mol. The number of hydrogen-bond donors (Lipinski definition) is 1. The van der Waals surface area contributed by atoms with Crippen LogP contribution in [-0.4, -0.2) is 15.6 Å². The van der Waals surface area contributed by atoms with Crippen molar-refractivity contribution in [2.75, 3.05) is 5.32 Å². The zero-order chi connectivity index (χ0) is 19.8. The molecule has 0 bridgehead atoms. The van der Waals surface area contributed by atoms with Gasteiger partial charge in [-0.1, -0.05) is 43.5 Å². The van der Waals surface area contributed by atoms with Crippen LogP contribution in [0.3, 0.4) is 0 Å². The molecule has 2 aliphatic carbocycles. The van der Waals surface area contributed by atoms with E-state index in [9.17, 15) is 4.79 Å². The highest BCUT2D eigenvalue weighted by Crippen LogP contribution is 2.33. The van der Waals surface area contributed by atoms with Crippen molar-refractivity contribution in [1.29, 1.82) is 0 Å². The highest BCUT2D eigenvalue weighted by atomic mass is 16.1. The molecule has 2 aliphatic rings. The number of nitrogens with one attached hydrogen (secondary N) is 1. The molecule has 0 radical (unpaired) electrons. The second-order valence-electron chi connectivity index (χ2n) is 8.63. The summed E-state index contributed by atoms with van der Waals surface area (Å²) < 4.78 is 2.27. The highest BCUT2D eigenvalue weighted by Gasteiger charge is 2.23. The smallest absolute Gasteiger partial charge is 0.191 e. The van der Waals surface area contributed by atoms with Crippen LogP contribution in [0.15, 0.2) is 47.4 Å². The van der Waals surface area contributed by atoms with E-state index in [4.69, 9.17) is 4.98 Å². The molecule has 1 saturated carbocycles. The van der Waals surface area contributed by atoms with Crippen LogP contribution in [-0.2, 0) is 19.4 Å². The largest absolute Gasteiger partial charge is 0.380 e. The van der Waals surface area contributed by atoms with Crippen LogP contribution in [0.1, 0.15) is 61.8 Å². The van der Waals surface area contributed by atoms with Crippen molar-refractivity contribution in [1.82, 2.24) is 9.55 Å². The van der Waals surface area contributed by atoms with Crippen molar-refractivity contribution in [3.63, 3.8) is 0 Å². The predicted molar refractivity (Wildman–Crippen MR) is 119 cm³/mol. The normalized spacial score (nSPS) is 17.6. The molecule has 4 heteroatoms. The predicted octanol–water partition coefficient (Wildman–Crippen LogP) is 5.04. The van der Waals surface area contributed by atoms with Crippen molar-refractivity contribution in [2.45, 2.75) is 70.4 Å². The van der Waals surface area contributed by atoms with E-state index in [0.717, 1.165) is 36.1 Å². The molecule has 29 heavy (non-hydrogen) atoms. The van der Waals surface area contributed by atoms with Gasteiger partial charge in [0.15, 0.2) is 5.43 Å². The SMILES string of the molecule is CCn1c(C2CCCCC2)cc(=O)c2cc(NC3Cc4ccccc4C3)cnc21. The summed E-state index contributed by atoms with van der Waals surface area (Å²) in [4.78, 5) is 17.8. The topological polar surface area (TPSA) is 46.9 Å². The van der Waals surface area contributed by atoms with E-state index in [1.54, 1.807) is 0 Å². The van der Waals surface area contributed by atoms with Crippen molar-refractivity contribution in [2.24, 2.45) is 0 Å². The van der Waals surface area contributed by atoms with Crippen LogP contribution in [0, 0.1) is 0 Å². The quantitative estimate of drug-likeness (QED) is 0.682. The van der Waals surface area contributed by atoms with Crippen molar-refractivity contribution < 1.29 is 0 Å². The van der Waals surface area contributed by atoms with E-state index in [2.05, 4.69) is 41.1 Å². The minimum atomic E-state index is 0.108. The van der Waals surface area contributed by atoms with Gasteiger partial charge in [-0.05, 0) is 55.7 Å². The Morgan fingerprint density at radius 2 is 1.79 bits per heavy atom. The van der Waals surface area contributed by atoms with E-state index >= 15 is 0 Å². The second kappa shape index (κ2) is 7.66. The molecular weight excluding hydrogens is 358 g/mol. The lowest BCUT2D eigenvalue weighted by atomic mass is 9.86. The maximum absolute atomic E-state index is 13.0. The summed E-state index contributed by atoms with van der Waals surface area (Å²) in [6, 6.07) is 12.9. The molecule has 4 nitrogen and oxygen atoms in total. The number of nitrogens with zero attached hydrogens (tertiary/aromatic N) is 2. The summed E-state index contributed by atoms with van der Waals surface area (Å²) in [5.41, 5.74) is 5.91. The number of hydrogen-bond acceptors (Lipinski definition) is 3. The molecule has 2 aromatic heterocycles. The van der Waals surface area contributed by atoms with Crippen LogP contribution < -0.4 is 10.7 Å².